The lowest BCUT2D eigenvalue weighted by Crippen LogP contribution is -2.53. The van der Waals surface area contributed by atoms with Crippen molar-refractivity contribution in [2.45, 2.75) is 0 Å². The highest BCUT2D eigenvalue weighted by Crippen LogP contribution is 2.22. The number of methoxy groups -OCH3 is 1. The van der Waals surface area contributed by atoms with Crippen LogP contribution >= 0.6 is 0 Å². The average Bonchev–Trinajstić information content (AvgIpc) is 2.61. The second-order valence-corrected chi connectivity index (χ2v) is 5.39. The van der Waals surface area contributed by atoms with Gasteiger partial charge >= 0.3 is 0 Å². The number of nitrogens with zero attached hydrogens (tertiary/aromatic N) is 2. The molecule has 2 aromatic rings. The van der Waals surface area contributed by atoms with Crippen molar-refractivity contribution in [3.63, 3.8) is 0 Å². The Hall–Kier alpha value is -3.09. The Labute approximate surface area is 138 Å². The van der Waals surface area contributed by atoms with Crippen molar-refractivity contribution in [2.24, 2.45) is 0 Å². The number of benzene rings is 1. The number of piperazine rings is 1. The lowest BCUT2D eigenvalue weighted by molar-refractivity contribution is -0.120. The maximum Gasteiger partial charge on any atom is 0.260 e. The van der Waals surface area contributed by atoms with Crippen LogP contribution in [-0.2, 0) is 4.79 Å². The summed E-state index contributed by atoms with van der Waals surface area (Å²) in [6.45, 7) is 0.656. The molecule has 2 amide bonds. The average molecular weight is 327 g/mol. The predicted molar refractivity (Wildman–Crippen MR) is 88.3 cm³/mol. The molecule has 1 saturated heterocycles. The van der Waals surface area contributed by atoms with Gasteiger partial charge in [0.25, 0.3) is 11.5 Å². The first-order valence-electron chi connectivity index (χ1n) is 7.51. The minimum atomic E-state index is -0.454. The quantitative estimate of drug-likeness (QED) is 0.907. The molecule has 24 heavy (non-hydrogen) atoms. The van der Waals surface area contributed by atoms with E-state index in [-0.39, 0.29) is 18.0 Å². The number of carbonyl (C=O) groups is 2. The van der Waals surface area contributed by atoms with Crippen LogP contribution in [0.15, 0.2) is 47.4 Å². The Morgan fingerprint density at radius 2 is 2.00 bits per heavy atom. The van der Waals surface area contributed by atoms with Crippen molar-refractivity contribution in [3.8, 4) is 5.75 Å². The van der Waals surface area contributed by atoms with Crippen molar-refractivity contribution >= 4 is 17.5 Å². The van der Waals surface area contributed by atoms with Crippen LogP contribution in [0, 0.1) is 0 Å². The van der Waals surface area contributed by atoms with Crippen LogP contribution in [0.2, 0.25) is 0 Å². The second-order valence-electron chi connectivity index (χ2n) is 5.39. The maximum atomic E-state index is 12.4. The Bertz CT molecular complexity index is 830. The molecule has 1 aromatic carbocycles. The fourth-order valence-electron chi connectivity index (χ4n) is 2.66. The Balaban J connectivity index is 1.76. The van der Waals surface area contributed by atoms with Gasteiger partial charge in [0.15, 0.2) is 0 Å². The molecule has 3 rings (SSSR count). The SMILES string of the molecule is COc1cccc(N2CCN(C(=O)c3ccc[nH]c3=O)CC2=O)c1. The van der Waals surface area contributed by atoms with E-state index in [0.29, 0.717) is 18.8 Å². The molecule has 1 aromatic heterocycles. The summed E-state index contributed by atoms with van der Waals surface area (Å²) in [4.78, 5) is 42.1. The fraction of sp³-hybridized carbons (Fsp3) is 0.235. The first kappa shape index (κ1) is 15.8. The van der Waals surface area contributed by atoms with E-state index in [1.54, 1.807) is 30.2 Å². The summed E-state index contributed by atoms with van der Waals surface area (Å²) in [5.41, 5.74) is 0.314. The Morgan fingerprint density at radius 1 is 1.17 bits per heavy atom. The number of amides is 2. The standard InChI is InChI=1S/C17H17N3O4/c1-24-13-5-2-4-12(10-13)20-9-8-19(11-15(20)21)17(23)14-6-3-7-18-16(14)22/h2-7,10H,8-9,11H2,1H3,(H,18,22). The van der Waals surface area contributed by atoms with Gasteiger partial charge in [0.05, 0.1) is 7.11 Å². The van der Waals surface area contributed by atoms with Gasteiger partial charge in [-0.25, -0.2) is 0 Å². The van der Waals surface area contributed by atoms with E-state index in [1.165, 1.54) is 17.2 Å². The highest BCUT2D eigenvalue weighted by Gasteiger charge is 2.29. The van der Waals surface area contributed by atoms with Crippen LogP contribution < -0.4 is 15.2 Å². The second kappa shape index (κ2) is 6.57. The molecule has 7 nitrogen and oxygen atoms in total. The third kappa shape index (κ3) is 3.01. The maximum absolute atomic E-state index is 12.4. The van der Waals surface area contributed by atoms with Crippen LogP contribution in [0.5, 0.6) is 5.75 Å². The summed E-state index contributed by atoms with van der Waals surface area (Å²) in [6.07, 6.45) is 1.46. The summed E-state index contributed by atoms with van der Waals surface area (Å²) < 4.78 is 5.17. The van der Waals surface area contributed by atoms with Crippen molar-refractivity contribution in [3.05, 3.63) is 58.5 Å². The van der Waals surface area contributed by atoms with E-state index in [9.17, 15) is 14.4 Å². The van der Waals surface area contributed by atoms with Gasteiger partial charge in [-0.15, -0.1) is 0 Å². The molecule has 1 aliphatic rings. The van der Waals surface area contributed by atoms with Gasteiger partial charge in [0.2, 0.25) is 5.91 Å². The van der Waals surface area contributed by atoms with E-state index in [1.807, 2.05) is 12.1 Å². The molecular weight excluding hydrogens is 310 g/mol. The number of hydrogen-bond donors (Lipinski definition) is 1. The predicted octanol–water partition coefficient (Wildman–Crippen LogP) is 0.872. The molecular formula is C17H17N3O4. The molecule has 0 bridgehead atoms. The van der Waals surface area contributed by atoms with Gasteiger partial charge in [-0.1, -0.05) is 6.07 Å². The minimum Gasteiger partial charge on any atom is -0.497 e. The normalized spacial score (nSPS) is 14.6. The number of rotatable bonds is 3. The molecule has 1 aliphatic heterocycles. The van der Waals surface area contributed by atoms with Gasteiger partial charge in [-0.3, -0.25) is 14.4 Å². The number of anilines is 1. The zero-order valence-electron chi connectivity index (χ0n) is 13.2. The lowest BCUT2D eigenvalue weighted by Gasteiger charge is -2.34. The molecule has 1 N–H and O–H groups in total. The zero-order chi connectivity index (χ0) is 17.1. The Morgan fingerprint density at radius 3 is 2.71 bits per heavy atom. The molecule has 0 atom stereocenters. The first-order valence-corrected chi connectivity index (χ1v) is 7.51. The lowest BCUT2D eigenvalue weighted by atomic mass is 10.2. The van der Waals surface area contributed by atoms with E-state index >= 15 is 0 Å². The number of hydrogen-bond acceptors (Lipinski definition) is 4. The smallest absolute Gasteiger partial charge is 0.260 e. The zero-order valence-corrected chi connectivity index (χ0v) is 13.2. The molecule has 124 valence electrons. The molecule has 0 radical (unpaired) electrons. The minimum absolute atomic E-state index is 0.0418. The molecule has 7 heteroatoms. The molecule has 2 heterocycles. The van der Waals surface area contributed by atoms with Gasteiger partial charge in [-0.2, -0.15) is 0 Å². The van der Waals surface area contributed by atoms with Gasteiger partial charge < -0.3 is 19.5 Å². The van der Waals surface area contributed by atoms with Crippen LogP contribution in [0.3, 0.4) is 0 Å². The topological polar surface area (TPSA) is 82.7 Å². The van der Waals surface area contributed by atoms with E-state index in [0.717, 1.165) is 5.69 Å². The largest absolute Gasteiger partial charge is 0.497 e. The first-order chi connectivity index (χ1) is 11.6. The molecule has 0 saturated carbocycles. The summed E-state index contributed by atoms with van der Waals surface area (Å²) in [5, 5.41) is 0. The third-order valence-electron chi connectivity index (χ3n) is 3.92. The number of H-pyrrole nitrogens is 1. The highest BCUT2D eigenvalue weighted by atomic mass is 16.5. The number of aromatic nitrogens is 1. The van der Waals surface area contributed by atoms with Crippen LogP contribution in [0.25, 0.3) is 0 Å². The van der Waals surface area contributed by atoms with E-state index < -0.39 is 11.5 Å². The summed E-state index contributed by atoms with van der Waals surface area (Å²) >= 11 is 0. The van der Waals surface area contributed by atoms with Gasteiger partial charge in [-0.05, 0) is 24.3 Å². The number of carbonyl (C=O) groups excluding carboxylic acids is 2. The number of pyridine rings is 1. The van der Waals surface area contributed by atoms with Crippen LogP contribution in [0.4, 0.5) is 5.69 Å². The number of ether oxygens (including phenoxy) is 1. The van der Waals surface area contributed by atoms with Crippen LogP contribution in [0.1, 0.15) is 10.4 Å². The van der Waals surface area contributed by atoms with Gasteiger partial charge in [0.1, 0.15) is 17.9 Å². The monoisotopic (exact) mass is 327 g/mol. The molecule has 0 spiro atoms. The molecule has 0 unspecified atom stereocenters. The van der Waals surface area contributed by atoms with Crippen molar-refractivity contribution in [1.82, 2.24) is 9.88 Å². The fourth-order valence-corrected chi connectivity index (χ4v) is 2.66. The molecule has 0 aliphatic carbocycles. The van der Waals surface area contributed by atoms with E-state index in [2.05, 4.69) is 4.98 Å². The number of nitrogens with one attached hydrogen (secondary N) is 1. The van der Waals surface area contributed by atoms with Gasteiger partial charge in [0, 0.05) is 31.0 Å². The third-order valence-corrected chi connectivity index (χ3v) is 3.92. The van der Waals surface area contributed by atoms with Crippen molar-refractivity contribution in [2.75, 3.05) is 31.6 Å². The Kier molecular flexibility index (Phi) is 4.33. The van der Waals surface area contributed by atoms with E-state index in [4.69, 9.17) is 4.74 Å². The summed E-state index contributed by atoms with van der Waals surface area (Å²) in [6, 6.07) is 10.2. The van der Waals surface area contributed by atoms with Crippen LogP contribution in [-0.4, -0.2) is 48.4 Å². The summed E-state index contributed by atoms with van der Waals surface area (Å²) in [7, 11) is 1.56. The van der Waals surface area contributed by atoms with Crippen molar-refractivity contribution < 1.29 is 14.3 Å². The number of aromatic amines is 1. The highest BCUT2D eigenvalue weighted by molar-refractivity contribution is 6.01. The summed E-state index contributed by atoms with van der Waals surface area (Å²) in [5.74, 6) is 0.0281. The molecule has 1 fully saturated rings. The van der Waals surface area contributed by atoms with Crippen molar-refractivity contribution in [1.29, 1.82) is 0 Å².